The zero-order valence-corrected chi connectivity index (χ0v) is 20.4. The molecule has 184 valence electrons. The van der Waals surface area contributed by atoms with Crippen molar-refractivity contribution in [3.8, 4) is 0 Å². The first-order chi connectivity index (χ1) is 14.6. The zero-order chi connectivity index (χ0) is 24.7. The summed E-state index contributed by atoms with van der Waals surface area (Å²) < 4.78 is 15.1. The Bertz CT molecular complexity index is 685. The molecule has 3 amide bonds. The summed E-state index contributed by atoms with van der Waals surface area (Å²) in [7, 11) is 2.80. The summed E-state index contributed by atoms with van der Waals surface area (Å²) in [6.07, 6.45) is -0.425. The lowest BCUT2D eigenvalue weighted by atomic mass is 10.1. The average Bonchev–Trinajstić information content (AvgIpc) is 3.35. The summed E-state index contributed by atoms with van der Waals surface area (Å²) in [6, 6.07) is -0.498. The lowest BCUT2D eigenvalue weighted by molar-refractivity contribution is -0.143. The van der Waals surface area contributed by atoms with E-state index in [0.29, 0.717) is 6.54 Å². The fraction of sp³-hybridized carbons (Fsp3) is 0.810. The van der Waals surface area contributed by atoms with Crippen LogP contribution in [0.15, 0.2) is 0 Å². The van der Waals surface area contributed by atoms with Gasteiger partial charge in [0.25, 0.3) is 0 Å². The molecule has 0 unspecified atom stereocenters. The van der Waals surface area contributed by atoms with E-state index < -0.39 is 35.4 Å². The highest BCUT2D eigenvalue weighted by atomic mass is 16.6. The number of carbonyl (C=O) groups is 4. The third kappa shape index (κ3) is 11.7. The molecule has 3 atom stereocenters. The summed E-state index contributed by atoms with van der Waals surface area (Å²) in [6.45, 7) is 10.9. The maximum absolute atomic E-state index is 12.5. The summed E-state index contributed by atoms with van der Waals surface area (Å²) in [5.41, 5.74) is 1.31. The first-order valence-corrected chi connectivity index (χ1v) is 10.6. The lowest BCUT2D eigenvalue weighted by Crippen LogP contribution is -2.47. The maximum Gasteiger partial charge on any atom is 0.407 e. The first kappa shape index (κ1) is 27.5. The third-order valence-corrected chi connectivity index (χ3v) is 4.42. The van der Waals surface area contributed by atoms with E-state index in [9.17, 15) is 19.2 Å². The number of amides is 3. The van der Waals surface area contributed by atoms with Gasteiger partial charge in [0.2, 0.25) is 5.91 Å². The zero-order valence-electron chi connectivity index (χ0n) is 20.4. The van der Waals surface area contributed by atoms with Crippen LogP contribution in [0.3, 0.4) is 0 Å². The number of rotatable bonds is 9. The average molecular weight is 459 g/mol. The van der Waals surface area contributed by atoms with E-state index in [1.807, 2.05) is 0 Å². The molecule has 11 heteroatoms. The van der Waals surface area contributed by atoms with Crippen LogP contribution in [0.25, 0.3) is 0 Å². The second-order valence-corrected chi connectivity index (χ2v) is 9.97. The van der Waals surface area contributed by atoms with Crippen LogP contribution >= 0.6 is 0 Å². The Labute approximate surface area is 189 Å². The lowest BCUT2D eigenvalue weighted by Gasteiger charge is -2.25. The van der Waals surface area contributed by atoms with Gasteiger partial charge in [0, 0.05) is 26.1 Å². The number of nitrogens with zero attached hydrogens (tertiary/aromatic N) is 1. The van der Waals surface area contributed by atoms with Crippen molar-refractivity contribution in [2.45, 2.75) is 71.6 Å². The van der Waals surface area contributed by atoms with Crippen LogP contribution in [-0.4, -0.2) is 73.6 Å². The normalized spacial score (nSPS) is 18.9. The van der Waals surface area contributed by atoms with Crippen molar-refractivity contribution in [1.82, 2.24) is 21.1 Å². The number of methoxy groups -OCH3 is 1. The molecular formula is C21H38N4O7. The third-order valence-electron chi connectivity index (χ3n) is 4.42. The number of esters is 1. The van der Waals surface area contributed by atoms with Crippen molar-refractivity contribution in [2.24, 2.45) is 11.8 Å². The first-order valence-electron chi connectivity index (χ1n) is 10.6. The Morgan fingerprint density at radius 2 is 1.56 bits per heavy atom. The van der Waals surface area contributed by atoms with E-state index in [1.165, 1.54) is 19.2 Å². The SMILES string of the molecule is COC(=O)CN(C)NC(=O)C[C@@H](NC(=O)OC(C)(C)C)[C@H]1C[C@H]1CNC(=O)OC(C)(C)C. The minimum absolute atomic E-state index is 0.0155. The molecule has 0 saturated heterocycles. The van der Waals surface area contributed by atoms with Crippen LogP contribution in [0.1, 0.15) is 54.4 Å². The molecule has 1 saturated carbocycles. The molecule has 0 aromatic carbocycles. The monoisotopic (exact) mass is 458 g/mol. The molecular weight excluding hydrogens is 420 g/mol. The number of ether oxygens (including phenoxy) is 3. The fourth-order valence-corrected chi connectivity index (χ4v) is 3.05. The standard InChI is InChI=1S/C21H38N4O7/c1-20(2,3)31-18(28)22-11-13-9-14(13)15(23-19(29)32-21(4,5)6)10-16(26)24-25(7)12-17(27)30-8/h13-15H,9-12H2,1-8H3,(H,22,28)(H,23,29)(H,24,26)/t13-,14-,15+/m0/s1. The smallest absolute Gasteiger partial charge is 0.407 e. The van der Waals surface area contributed by atoms with Crippen molar-refractivity contribution in [1.29, 1.82) is 0 Å². The molecule has 0 spiro atoms. The number of carbonyl (C=O) groups excluding carboxylic acids is 4. The van der Waals surface area contributed by atoms with Crippen LogP contribution in [0, 0.1) is 11.8 Å². The van der Waals surface area contributed by atoms with Gasteiger partial charge in [-0.2, -0.15) is 0 Å². The Morgan fingerprint density at radius 3 is 2.09 bits per heavy atom. The van der Waals surface area contributed by atoms with Gasteiger partial charge in [-0.3, -0.25) is 15.0 Å². The molecule has 11 nitrogen and oxygen atoms in total. The molecule has 0 bridgehead atoms. The Hall–Kier alpha value is -2.56. The van der Waals surface area contributed by atoms with Crippen molar-refractivity contribution in [3.63, 3.8) is 0 Å². The number of alkyl carbamates (subject to hydrolysis) is 2. The molecule has 3 N–H and O–H groups in total. The van der Waals surface area contributed by atoms with Gasteiger partial charge in [0.15, 0.2) is 0 Å². The quantitative estimate of drug-likeness (QED) is 0.269. The minimum atomic E-state index is -0.682. The van der Waals surface area contributed by atoms with Crippen LogP contribution in [0.5, 0.6) is 0 Å². The highest BCUT2D eigenvalue weighted by Gasteiger charge is 2.45. The van der Waals surface area contributed by atoms with Crippen LogP contribution < -0.4 is 16.1 Å². The largest absolute Gasteiger partial charge is 0.468 e. The van der Waals surface area contributed by atoms with Crippen LogP contribution in [0.2, 0.25) is 0 Å². The van der Waals surface area contributed by atoms with Crippen molar-refractivity contribution in [2.75, 3.05) is 27.2 Å². The molecule has 1 aliphatic rings. The number of hydrazine groups is 1. The summed E-state index contributed by atoms with van der Waals surface area (Å²) in [5, 5.41) is 6.81. The Balaban J connectivity index is 2.67. The molecule has 0 aliphatic heterocycles. The maximum atomic E-state index is 12.5. The molecule has 0 radical (unpaired) electrons. The van der Waals surface area contributed by atoms with Gasteiger partial charge in [-0.15, -0.1) is 0 Å². The van der Waals surface area contributed by atoms with E-state index in [4.69, 9.17) is 9.47 Å². The number of nitrogens with one attached hydrogen (secondary N) is 3. The molecule has 1 rings (SSSR count). The molecule has 0 heterocycles. The van der Waals surface area contributed by atoms with Crippen molar-refractivity contribution in [3.05, 3.63) is 0 Å². The molecule has 1 fully saturated rings. The minimum Gasteiger partial charge on any atom is -0.468 e. The van der Waals surface area contributed by atoms with Crippen molar-refractivity contribution >= 4 is 24.1 Å². The van der Waals surface area contributed by atoms with E-state index in [2.05, 4.69) is 20.8 Å². The number of hydrogen-bond acceptors (Lipinski definition) is 8. The fourth-order valence-electron chi connectivity index (χ4n) is 3.05. The summed E-state index contributed by atoms with van der Waals surface area (Å²) >= 11 is 0. The number of hydrogen-bond donors (Lipinski definition) is 3. The second-order valence-electron chi connectivity index (χ2n) is 9.97. The highest BCUT2D eigenvalue weighted by Crippen LogP contribution is 2.42. The van der Waals surface area contributed by atoms with E-state index in [-0.39, 0.29) is 30.7 Å². The van der Waals surface area contributed by atoms with Gasteiger partial charge < -0.3 is 24.8 Å². The van der Waals surface area contributed by atoms with E-state index in [1.54, 1.807) is 41.5 Å². The molecule has 0 aromatic heterocycles. The predicted octanol–water partition coefficient (Wildman–Crippen LogP) is 1.57. The summed E-state index contributed by atoms with van der Waals surface area (Å²) in [4.78, 5) is 48.0. The van der Waals surface area contributed by atoms with E-state index >= 15 is 0 Å². The molecule has 32 heavy (non-hydrogen) atoms. The second kappa shape index (κ2) is 11.3. The van der Waals surface area contributed by atoms with Crippen molar-refractivity contribution < 1.29 is 33.4 Å². The highest BCUT2D eigenvalue weighted by molar-refractivity contribution is 5.78. The Kier molecular flexibility index (Phi) is 9.74. The predicted molar refractivity (Wildman–Crippen MR) is 116 cm³/mol. The van der Waals surface area contributed by atoms with Crippen LogP contribution in [-0.2, 0) is 23.8 Å². The topological polar surface area (TPSA) is 135 Å². The van der Waals surface area contributed by atoms with Gasteiger partial charge in [0.05, 0.1) is 7.11 Å². The van der Waals surface area contributed by atoms with Gasteiger partial charge in [-0.1, -0.05) is 0 Å². The van der Waals surface area contributed by atoms with Crippen LogP contribution in [0.4, 0.5) is 9.59 Å². The van der Waals surface area contributed by atoms with Gasteiger partial charge in [0.1, 0.15) is 17.7 Å². The molecule has 0 aromatic rings. The van der Waals surface area contributed by atoms with Gasteiger partial charge in [-0.05, 0) is 59.8 Å². The van der Waals surface area contributed by atoms with E-state index in [0.717, 1.165) is 6.42 Å². The van der Waals surface area contributed by atoms with Gasteiger partial charge >= 0.3 is 18.2 Å². The Morgan fingerprint density at radius 1 is 1.00 bits per heavy atom. The molecule has 1 aliphatic carbocycles. The number of likely N-dealkylation sites (N-methyl/N-ethyl adjacent to an activating group) is 1. The summed E-state index contributed by atoms with van der Waals surface area (Å²) in [5.74, 6) is -0.799. The van der Waals surface area contributed by atoms with Gasteiger partial charge in [-0.25, -0.2) is 14.6 Å².